The van der Waals surface area contributed by atoms with Crippen molar-refractivity contribution < 1.29 is 0 Å². The van der Waals surface area contributed by atoms with E-state index in [1.165, 1.54) is 52.1 Å². The topological polar surface area (TPSA) is 9.72 Å². The van der Waals surface area contributed by atoms with Crippen LogP contribution in [0.1, 0.15) is 68.2 Å². The molecule has 3 heteroatoms. The molecule has 0 aromatic carbocycles. The predicted octanol–water partition coefficient (Wildman–Crippen LogP) is 3.94. The Kier molecular flexibility index (Phi) is 8.54. The van der Waals surface area contributed by atoms with Gasteiger partial charge in [-0.2, -0.15) is 0 Å². The van der Waals surface area contributed by atoms with Crippen molar-refractivity contribution in [2.24, 2.45) is 5.92 Å². The van der Waals surface area contributed by atoms with Gasteiger partial charge in [0.1, 0.15) is 0 Å². The van der Waals surface area contributed by atoms with Gasteiger partial charge in [0.15, 0.2) is 0 Å². The summed E-state index contributed by atoms with van der Waals surface area (Å²) in [7, 11) is 0. The van der Waals surface area contributed by atoms with E-state index in [9.17, 15) is 0 Å². The van der Waals surface area contributed by atoms with E-state index in [1.807, 2.05) is 13.8 Å². The van der Waals surface area contributed by atoms with E-state index < -0.39 is 0 Å². The third-order valence-electron chi connectivity index (χ3n) is 5.69. The molecule has 3 nitrogen and oxygen atoms in total. The van der Waals surface area contributed by atoms with E-state index in [-0.39, 0.29) is 0 Å². The second-order valence-electron chi connectivity index (χ2n) is 8.40. The summed E-state index contributed by atoms with van der Waals surface area (Å²) >= 11 is 0. The zero-order valence-corrected chi connectivity index (χ0v) is 17.2. The molecule has 2 aliphatic rings. The highest BCUT2D eigenvalue weighted by atomic mass is 15.3. The Morgan fingerprint density at radius 2 is 1.35 bits per heavy atom. The predicted molar refractivity (Wildman–Crippen MR) is 103 cm³/mol. The fraction of sp³-hybridized carbons (Fsp3) is 1.00. The van der Waals surface area contributed by atoms with Crippen LogP contribution >= 0.6 is 0 Å². The third kappa shape index (κ3) is 6.03. The second kappa shape index (κ2) is 9.39. The van der Waals surface area contributed by atoms with Gasteiger partial charge in [0.25, 0.3) is 0 Å². The molecule has 2 saturated heterocycles. The van der Waals surface area contributed by atoms with Gasteiger partial charge in [-0.05, 0) is 73.4 Å². The Hall–Kier alpha value is -0.120. The van der Waals surface area contributed by atoms with Crippen LogP contribution in [-0.2, 0) is 0 Å². The SMILES string of the molecule is CC.CC(C)N1CCC(CN2CCN(C(C)C)CC2(C)C)CC1. The fourth-order valence-electron chi connectivity index (χ4n) is 3.97. The van der Waals surface area contributed by atoms with Crippen LogP contribution in [0.25, 0.3) is 0 Å². The van der Waals surface area contributed by atoms with E-state index in [0.29, 0.717) is 11.6 Å². The normalized spacial score (nSPS) is 24.8. The minimum Gasteiger partial charge on any atom is -0.301 e. The van der Waals surface area contributed by atoms with Gasteiger partial charge in [-0.15, -0.1) is 0 Å². The van der Waals surface area contributed by atoms with Crippen molar-refractivity contribution in [3.05, 3.63) is 0 Å². The Labute approximate surface area is 146 Å². The zero-order valence-electron chi connectivity index (χ0n) is 17.2. The first-order valence-corrected chi connectivity index (χ1v) is 10.0. The minimum absolute atomic E-state index is 0.331. The average Bonchev–Trinajstić information content (AvgIpc) is 2.51. The number of hydrogen-bond donors (Lipinski definition) is 0. The number of piperidine rings is 1. The summed E-state index contributed by atoms with van der Waals surface area (Å²) in [6, 6.07) is 1.40. The molecular formula is C20H43N3. The van der Waals surface area contributed by atoms with Crippen molar-refractivity contribution in [3.8, 4) is 0 Å². The molecule has 0 radical (unpaired) electrons. The fourth-order valence-corrected chi connectivity index (χ4v) is 3.97. The number of hydrogen-bond acceptors (Lipinski definition) is 3. The Morgan fingerprint density at radius 3 is 1.78 bits per heavy atom. The van der Waals surface area contributed by atoms with Gasteiger partial charge >= 0.3 is 0 Å². The number of likely N-dealkylation sites (tertiary alicyclic amines) is 1. The largest absolute Gasteiger partial charge is 0.301 e. The summed E-state index contributed by atoms with van der Waals surface area (Å²) in [5.41, 5.74) is 0.331. The van der Waals surface area contributed by atoms with Crippen molar-refractivity contribution in [2.45, 2.75) is 85.9 Å². The molecule has 0 bridgehead atoms. The molecule has 0 saturated carbocycles. The lowest BCUT2D eigenvalue weighted by Crippen LogP contribution is -2.61. The van der Waals surface area contributed by atoms with Gasteiger partial charge in [-0.1, -0.05) is 13.8 Å². The van der Waals surface area contributed by atoms with E-state index in [0.717, 1.165) is 12.0 Å². The molecule has 0 aromatic rings. The molecule has 0 spiro atoms. The van der Waals surface area contributed by atoms with Crippen molar-refractivity contribution >= 4 is 0 Å². The Bertz CT molecular complexity index is 317. The van der Waals surface area contributed by atoms with Crippen molar-refractivity contribution in [1.82, 2.24) is 14.7 Å². The third-order valence-corrected chi connectivity index (χ3v) is 5.69. The number of rotatable bonds is 4. The van der Waals surface area contributed by atoms with E-state index in [2.05, 4.69) is 56.2 Å². The maximum atomic E-state index is 2.77. The molecule has 0 atom stereocenters. The van der Waals surface area contributed by atoms with Crippen LogP contribution in [0.2, 0.25) is 0 Å². The van der Waals surface area contributed by atoms with Crippen LogP contribution < -0.4 is 0 Å². The van der Waals surface area contributed by atoms with Crippen molar-refractivity contribution in [2.75, 3.05) is 39.3 Å². The van der Waals surface area contributed by atoms with Gasteiger partial charge in [0.2, 0.25) is 0 Å². The van der Waals surface area contributed by atoms with Crippen LogP contribution in [0.4, 0.5) is 0 Å². The van der Waals surface area contributed by atoms with Crippen LogP contribution in [0.3, 0.4) is 0 Å². The zero-order chi connectivity index (χ0) is 17.6. The van der Waals surface area contributed by atoms with Gasteiger partial charge in [-0.25, -0.2) is 0 Å². The van der Waals surface area contributed by atoms with Gasteiger partial charge in [0.05, 0.1) is 0 Å². The summed E-state index contributed by atoms with van der Waals surface area (Å²) in [6.45, 7) is 25.8. The van der Waals surface area contributed by atoms with Gasteiger partial charge in [-0.3, -0.25) is 9.80 Å². The van der Waals surface area contributed by atoms with Crippen LogP contribution in [0, 0.1) is 5.92 Å². The quantitative estimate of drug-likeness (QED) is 0.775. The minimum atomic E-state index is 0.331. The summed E-state index contributed by atoms with van der Waals surface area (Å²) in [5, 5.41) is 0. The Balaban J connectivity index is 0.00000127. The van der Waals surface area contributed by atoms with E-state index in [1.54, 1.807) is 0 Å². The highest BCUT2D eigenvalue weighted by Crippen LogP contribution is 2.27. The summed E-state index contributed by atoms with van der Waals surface area (Å²) in [6.07, 6.45) is 2.78. The first kappa shape index (κ1) is 20.9. The monoisotopic (exact) mass is 325 g/mol. The second-order valence-corrected chi connectivity index (χ2v) is 8.40. The molecule has 23 heavy (non-hydrogen) atoms. The highest BCUT2D eigenvalue weighted by Gasteiger charge is 2.36. The molecule has 0 aromatic heterocycles. The van der Waals surface area contributed by atoms with E-state index >= 15 is 0 Å². The molecule has 0 unspecified atom stereocenters. The lowest BCUT2D eigenvalue weighted by atomic mass is 9.91. The first-order valence-electron chi connectivity index (χ1n) is 10.0. The highest BCUT2D eigenvalue weighted by molar-refractivity contribution is 4.92. The average molecular weight is 326 g/mol. The maximum Gasteiger partial charge on any atom is 0.0280 e. The van der Waals surface area contributed by atoms with E-state index in [4.69, 9.17) is 0 Å². The lowest BCUT2D eigenvalue weighted by molar-refractivity contribution is -0.0103. The Morgan fingerprint density at radius 1 is 0.826 bits per heavy atom. The molecule has 138 valence electrons. The maximum absolute atomic E-state index is 2.77. The number of nitrogens with zero attached hydrogens (tertiary/aromatic N) is 3. The lowest BCUT2D eigenvalue weighted by Gasteiger charge is -2.50. The van der Waals surface area contributed by atoms with Gasteiger partial charge in [0, 0.05) is 43.8 Å². The molecule has 0 amide bonds. The molecule has 2 rings (SSSR count). The summed E-state index contributed by atoms with van der Waals surface area (Å²) in [5.74, 6) is 0.907. The standard InChI is InChI=1S/C18H37N3.C2H6/c1-15(2)19-9-7-17(8-10-19)13-21-12-11-20(16(3)4)14-18(21,5)6;1-2/h15-17H,7-14H2,1-6H3;1-2H3. The summed E-state index contributed by atoms with van der Waals surface area (Å²) in [4.78, 5) is 8.04. The molecule has 2 heterocycles. The molecule has 2 fully saturated rings. The first-order chi connectivity index (χ1) is 10.8. The van der Waals surface area contributed by atoms with Crippen molar-refractivity contribution in [3.63, 3.8) is 0 Å². The van der Waals surface area contributed by atoms with Crippen LogP contribution in [-0.4, -0.2) is 71.6 Å². The van der Waals surface area contributed by atoms with Gasteiger partial charge < -0.3 is 4.90 Å². The molecule has 0 aliphatic carbocycles. The smallest absolute Gasteiger partial charge is 0.0280 e. The summed E-state index contributed by atoms with van der Waals surface area (Å²) < 4.78 is 0. The van der Waals surface area contributed by atoms with Crippen molar-refractivity contribution in [1.29, 1.82) is 0 Å². The molecule has 0 N–H and O–H groups in total. The van der Waals surface area contributed by atoms with Crippen LogP contribution in [0.5, 0.6) is 0 Å². The number of piperazine rings is 1. The molecule has 2 aliphatic heterocycles. The molecular weight excluding hydrogens is 282 g/mol. The van der Waals surface area contributed by atoms with Crippen LogP contribution in [0.15, 0.2) is 0 Å².